The largest absolute Gasteiger partial charge is 0.345 e. The number of aryl methyl sites for hydroxylation is 1. The first-order valence-corrected chi connectivity index (χ1v) is 9.37. The number of nitrogens with one attached hydrogen (secondary N) is 1. The van der Waals surface area contributed by atoms with E-state index in [0.29, 0.717) is 11.1 Å². The Morgan fingerprint density at radius 2 is 1.83 bits per heavy atom. The van der Waals surface area contributed by atoms with Crippen molar-refractivity contribution in [3.05, 3.63) is 65.2 Å². The highest BCUT2D eigenvalue weighted by Gasteiger charge is 2.18. The molecular weight excluding hydrogens is 324 g/mol. The average molecular weight is 346 g/mol. The predicted octanol–water partition coefficient (Wildman–Crippen LogP) is 2.91. The van der Waals surface area contributed by atoms with Crippen LogP contribution in [0.5, 0.6) is 0 Å². The van der Waals surface area contributed by atoms with Crippen LogP contribution in [0.4, 0.5) is 0 Å². The topological polar surface area (TPSA) is 89.3 Å². The van der Waals surface area contributed by atoms with Crippen molar-refractivity contribution < 1.29 is 13.2 Å². The van der Waals surface area contributed by atoms with Crippen LogP contribution in [0.1, 0.15) is 47.3 Å². The minimum absolute atomic E-state index is 0.0648. The molecule has 6 heteroatoms. The quantitative estimate of drug-likeness (QED) is 0.843. The van der Waals surface area contributed by atoms with Crippen LogP contribution in [-0.2, 0) is 10.0 Å². The maximum Gasteiger partial charge on any atom is 0.252 e. The number of amides is 1. The van der Waals surface area contributed by atoms with E-state index >= 15 is 0 Å². The molecule has 2 aromatic rings. The van der Waals surface area contributed by atoms with Crippen molar-refractivity contribution in [3.63, 3.8) is 0 Å². The number of primary sulfonamides is 1. The number of sulfonamides is 1. The third kappa shape index (κ3) is 4.43. The SMILES string of the molecule is CCCC(NC(=O)c1cc(S(N)(=O)=O)ccc1C)c1ccccc1. The minimum atomic E-state index is -3.85. The van der Waals surface area contributed by atoms with Gasteiger partial charge in [0.25, 0.3) is 5.91 Å². The molecular formula is C18H22N2O3S. The van der Waals surface area contributed by atoms with Gasteiger partial charge in [0.05, 0.1) is 10.9 Å². The minimum Gasteiger partial charge on any atom is -0.345 e. The van der Waals surface area contributed by atoms with E-state index in [9.17, 15) is 13.2 Å². The summed E-state index contributed by atoms with van der Waals surface area (Å²) in [5, 5.41) is 8.15. The highest BCUT2D eigenvalue weighted by molar-refractivity contribution is 7.89. The lowest BCUT2D eigenvalue weighted by atomic mass is 10.0. The Morgan fingerprint density at radius 1 is 1.17 bits per heavy atom. The van der Waals surface area contributed by atoms with Gasteiger partial charge in [0.1, 0.15) is 0 Å². The maximum atomic E-state index is 12.7. The molecule has 0 saturated heterocycles. The first kappa shape index (κ1) is 18.2. The van der Waals surface area contributed by atoms with Gasteiger partial charge in [0, 0.05) is 5.56 Å². The Balaban J connectivity index is 2.31. The van der Waals surface area contributed by atoms with Crippen molar-refractivity contribution in [1.29, 1.82) is 0 Å². The molecule has 0 aliphatic carbocycles. The number of benzene rings is 2. The Hall–Kier alpha value is -2.18. The van der Waals surface area contributed by atoms with E-state index in [0.717, 1.165) is 18.4 Å². The highest BCUT2D eigenvalue weighted by atomic mass is 32.2. The van der Waals surface area contributed by atoms with E-state index in [4.69, 9.17) is 5.14 Å². The van der Waals surface area contributed by atoms with Gasteiger partial charge in [-0.1, -0.05) is 49.7 Å². The molecule has 2 rings (SSSR count). The van der Waals surface area contributed by atoms with Crippen LogP contribution in [0.2, 0.25) is 0 Å². The molecule has 0 aliphatic rings. The van der Waals surface area contributed by atoms with Crippen LogP contribution in [0.3, 0.4) is 0 Å². The fourth-order valence-corrected chi connectivity index (χ4v) is 3.09. The first-order chi connectivity index (χ1) is 11.3. The normalized spacial score (nSPS) is 12.6. The highest BCUT2D eigenvalue weighted by Crippen LogP contribution is 2.20. The van der Waals surface area contributed by atoms with E-state index in [1.165, 1.54) is 12.1 Å². The molecule has 5 nitrogen and oxygen atoms in total. The molecule has 0 aromatic heterocycles. The van der Waals surface area contributed by atoms with Gasteiger partial charge in [-0.2, -0.15) is 0 Å². The summed E-state index contributed by atoms with van der Waals surface area (Å²) in [6, 6.07) is 13.9. The molecule has 0 radical (unpaired) electrons. The number of rotatable bonds is 6. The van der Waals surface area contributed by atoms with Crippen molar-refractivity contribution in [2.24, 2.45) is 5.14 Å². The number of carbonyl (C=O) groups is 1. The van der Waals surface area contributed by atoms with Gasteiger partial charge in [0.2, 0.25) is 10.0 Å². The van der Waals surface area contributed by atoms with Gasteiger partial charge in [-0.25, -0.2) is 13.6 Å². The second-order valence-electron chi connectivity index (χ2n) is 5.75. The molecule has 0 fully saturated rings. The lowest BCUT2D eigenvalue weighted by Gasteiger charge is -2.19. The Bertz CT molecular complexity index is 817. The summed E-state index contributed by atoms with van der Waals surface area (Å²) >= 11 is 0. The van der Waals surface area contributed by atoms with Crippen molar-refractivity contribution in [2.75, 3.05) is 0 Å². The van der Waals surface area contributed by atoms with Gasteiger partial charge >= 0.3 is 0 Å². The van der Waals surface area contributed by atoms with E-state index in [2.05, 4.69) is 12.2 Å². The number of hydrogen-bond donors (Lipinski definition) is 2. The second kappa shape index (κ2) is 7.59. The fourth-order valence-electron chi connectivity index (χ4n) is 2.55. The summed E-state index contributed by atoms with van der Waals surface area (Å²) < 4.78 is 23.0. The maximum absolute atomic E-state index is 12.7. The Kier molecular flexibility index (Phi) is 5.75. The predicted molar refractivity (Wildman–Crippen MR) is 94.1 cm³/mol. The summed E-state index contributed by atoms with van der Waals surface area (Å²) in [6.07, 6.45) is 1.71. The van der Waals surface area contributed by atoms with E-state index in [1.807, 2.05) is 30.3 Å². The molecule has 3 N–H and O–H groups in total. The zero-order chi connectivity index (χ0) is 17.7. The summed E-state index contributed by atoms with van der Waals surface area (Å²) in [5.74, 6) is -0.305. The number of hydrogen-bond acceptors (Lipinski definition) is 3. The van der Waals surface area contributed by atoms with Crippen molar-refractivity contribution >= 4 is 15.9 Å². The molecule has 2 aromatic carbocycles. The standard InChI is InChI=1S/C18H22N2O3S/c1-3-7-17(14-8-5-4-6-9-14)20-18(21)16-12-15(24(19,22)23)11-10-13(16)2/h4-6,8-12,17H,3,7H2,1-2H3,(H,20,21)(H2,19,22,23). The molecule has 0 heterocycles. The second-order valence-corrected chi connectivity index (χ2v) is 7.31. The lowest BCUT2D eigenvalue weighted by Crippen LogP contribution is -2.29. The van der Waals surface area contributed by atoms with Crippen LogP contribution in [-0.4, -0.2) is 14.3 Å². The van der Waals surface area contributed by atoms with Crippen LogP contribution < -0.4 is 10.5 Å². The smallest absolute Gasteiger partial charge is 0.252 e. The number of carbonyl (C=O) groups excluding carboxylic acids is 1. The first-order valence-electron chi connectivity index (χ1n) is 7.82. The molecule has 0 aliphatic heterocycles. The van der Waals surface area contributed by atoms with Gasteiger partial charge in [-0.15, -0.1) is 0 Å². The lowest BCUT2D eigenvalue weighted by molar-refractivity contribution is 0.0933. The summed E-state index contributed by atoms with van der Waals surface area (Å²) in [6.45, 7) is 3.81. The summed E-state index contributed by atoms with van der Waals surface area (Å²) in [5.41, 5.74) is 2.04. The molecule has 1 amide bonds. The molecule has 128 valence electrons. The molecule has 1 atom stereocenters. The molecule has 1 unspecified atom stereocenters. The van der Waals surface area contributed by atoms with Gasteiger partial charge in [-0.3, -0.25) is 4.79 Å². The third-order valence-corrected chi connectivity index (χ3v) is 4.78. The molecule has 24 heavy (non-hydrogen) atoms. The summed E-state index contributed by atoms with van der Waals surface area (Å²) in [7, 11) is -3.85. The van der Waals surface area contributed by atoms with Gasteiger partial charge in [0.15, 0.2) is 0 Å². The average Bonchev–Trinajstić information content (AvgIpc) is 2.54. The van der Waals surface area contributed by atoms with Crippen LogP contribution >= 0.6 is 0 Å². The van der Waals surface area contributed by atoms with Crippen molar-refractivity contribution in [1.82, 2.24) is 5.32 Å². The van der Waals surface area contributed by atoms with Crippen LogP contribution in [0.25, 0.3) is 0 Å². The van der Waals surface area contributed by atoms with Crippen LogP contribution in [0.15, 0.2) is 53.4 Å². The Labute approximate surface area is 142 Å². The van der Waals surface area contributed by atoms with Crippen molar-refractivity contribution in [3.8, 4) is 0 Å². The number of nitrogens with two attached hydrogens (primary N) is 1. The van der Waals surface area contributed by atoms with Gasteiger partial charge in [-0.05, 0) is 36.6 Å². The monoisotopic (exact) mass is 346 g/mol. The van der Waals surface area contributed by atoms with Gasteiger partial charge < -0.3 is 5.32 Å². The zero-order valence-electron chi connectivity index (χ0n) is 13.8. The van der Waals surface area contributed by atoms with Crippen LogP contribution in [0, 0.1) is 6.92 Å². The fraction of sp³-hybridized carbons (Fsp3) is 0.278. The Morgan fingerprint density at radius 3 is 2.42 bits per heavy atom. The zero-order valence-corrected chi connectivity index (χ0v) is 14.6. The third-order valence-electron chi connectivity index (χ3n) is 3.87. The molecule has 0 saturated carbocycles. The van der Waals surface area contributed by atoms with E-state index in [1.54, 1.807) is 13.0 Å². The molecule has 0 spiro atoms. The van der Waals surface area contributed by atoms with E-state index < -0.39 is 10.0 Å². The molecule has 0 bridgehead atoms. The van der Waals surface area contributed by atoms with E-state index in [-0.39, 0.29) is 16.8 Å². The van der Waals surface area contributed by atoms with Crippen molar-refractivity contribution in [2.45, 2.75) is 37.6 Å². The summed E-state index contributed by atoms with van der Waals surface area (Å²) in [4.78, 5) is 12.6.